The molecule has 0 saturated heterocycles. The highest BCUT2D eigenvalue weighted by atomic mass is 79.9. The Morgan fingerprint density at radius 3 is 2.33 bits per heavy atom. The molecule has 162 valence electrons. The lowest BCUT2D eigenvalue weighted by Crippen LogP contribution is -2.49. The van der Waals surface area contributed by atoms with Gasteiger partial charge in [0.1, 0.15) is 6.04 Å². The Bertz CT molecular complexity index is 830. The number of carbonyl (C=O) groups excluding carboxylic acids is 2. The van der Waals surface area contributed by atoms with Gasteiger partial charge < -0.3 is 10.2 Å². The smallest absolute Gasteiger partial charge is 0.242 e. The molecule has 0 aromatic heterocycles. The van der Waals surface area contributed by atoms with Crippen LogP contribution in [0.5, 0.6) is 0 Å². The van der Waals surface area contributed by atoms with Gasteiger partial charge in [-0.05, 0) is 62.2 Å². The Labute approximate surface area is 196 Å². The van der Waals surface area contributed by atoms with Gasteiger partial charge in [0.25, 0.3) is 0 Å². The van der Waals surface area contributed by atoms with Crippen molar-refractivity contribution >= 4 is 51.1 Å². The van der Waals surface area contributed by atoms with Crippen LogP contribution >= 0.6 is 39.3 Å². The van der Waals surface area contributed by atoms with Crippen molar-refractivity contribution in [3.63, 3.8) is 0 Å². The van der Waals surface area contributed by atoms with Crippen LogP contribution in [-0.4, -0.2) is 34.6 Å². The minimum absolute atomic E-state index is 0.0359. The number of halogens is 2. The van der Waals surface area contributed by atoms with E-state index in [4.69, 9.17) is 11.6 Å². The first-order valence-corrected chi connectivity index (χ1v) is 12.2. The molecule has 0 bridgehead atoms. The van der Waals surface area contributed by atoms with Crippen LogP contribution in [0.25, 0.3) is 0 Å². The molecule has 0 fully saturated rings. The van der Waals surface area contributed by atoms with Crippen molar-refractivity contribution in [2.45, 2.75) is 57.1 Å². The molecule has 4 nitrogen and oxygen atoms in total. The van der Waals surface area contributed by atoms with Crippen LogP contribution in [-0.2, 0) is 16.1 Å². The Morgan fingerprint density at radius 2 is 1.73 bits per heavy atom. The first kappa shape index (κ1) is 24.8. The summed E-state index contributed by atoms with van der Waals surface area (Å²) >= 11 is 11.0. The number of hydrogen-bond acceptors (Lipinski definition) is 3. The second kappa shape index (κ2) is 12.4. The molecule has 0 saturated carbocycles. The van der Waals surface area contributed by atoms with Gasteiger partial charge in [0.05, 0.1) is 0 Å². The monoisotopic (exact) mass is 510 g/mol. The predicted molar refractivity (Wildman–Crippen MR) is 129 cm³/mol. The molecule has 30 heavy (non-hydrogen) atoms. The van der Waals surface area contributed by atoms with Gasteiger partial charge in [-0.1, -0.05) is 46.6 Å². The van der Waals surface area contributed by atoms with Gasteiger partial charge in [-0.3, -0.25) is 9.59 Å². The molecule has 0 aliphatic rings. The third kappa shape index (κ3) is 7.97. The van der Waals surface area contributed by atoms with Crippen LogP contribution < -0.4 is 5.32 Å². The van der Waals surface area contributed by atoms with Crippen molar-refractivity contribution in [1.29, 1.82) is 0 Å². The molecule has 0 spiro atoms. The summed E-state index contributed by atoms with van der Waals surface area (Å²) in [5, 5.41) is 3.68. The van der Waals surface area contributed by atoms with Gasteiger partial charge in [-0.25, -0.2) is 0 Å². The quantitative estimate of drug-likeness (QED) is 0.403. The molecule has 2 rings (SSSR count). The van der Waals surface area contributed by atoms with Gasteiger partial charge in [0, 0.05) is 39.2 Å². The zero-order valence-electron chi connectivity index (χ0n) is 17.5. The fraction of sp³-hybridized carbons (Fsp3) is 0.391. The van der Waals surface area contributed by atoms with E-state index in [1.165, 1.54) is 0 Å². The second-order valence-corrected chi connectivity index (χ2v) is 9.71. The van der Waals surface area contributed by atoms with E-state index < -0.39 is 6.04 Å². The van der Waals surface area contributed by atoms with Crippen LogP contribution in [0.4, 0.5) is 0 Å². The van der Waals surface area contributed by atoms with Gasteiger partial charge in [0.15, 0.2) is 0 Å². The summed E-state index contributed by atoms with van der Waals surface area (Å²) in [5.74, 6) is 0.475. The molecule has 1 N–H and O–H groups in total. The summed E-state index contributed by atoms with van der Waals surface area (Å²) in [6, 6.07) is 14.9. The summed E-state index contributed by atoms with van der Waals surface area (Å²) in [6.07, 6.45) is 1.20. The lowest BCUT2D eigenvalue weighted by Gasteiger charge is -2.29. The number of amides is 2. The number of thioether (sulfide) groups is 1. The second-order valence-electron chi connectivity index (χ2n) is 7.19. The van der Waals surface area contributed by atoms with Gasteiger partial charge in [-0.15, -0.1) is 11.8 Å². The fourth-order valence-electron chi connectivity index (χ4n) is 2.77. The topological polar surface area (TPSA) is 49.4 Å². The highest BCUT2D eigenvalue weighted by Gasteiger charge is 2.26. The van der Waals surface area contributed by atoms with Gasteiger partial charge >= 0.3 is 0 Å². The Morgan fingerprint density at radius 1 is 1.10 bits per heavy atom. The molecule has 2 aromatic carbocycles. The summed E-state index contributed by atoms with van der Waals surface area (Å²) < 4.78 is 0.978. The first-order valence-electron chi connectivity index (χ1n) is 10.0. The van der Waals surface area contributed by atoms with E-state index in [1.807, 2.05) is 62.4 Å². The van der Waals surface area contributed by atoms with Crippen LogP contribution in [0, 0.1) is 0 Å². The number of hydrogen-bond donors (Lipinski definition) is 1. The molecule has 2 amide bonds. The van der Waals surface area contributed by atoms with Gasteiger partial charge in [0.2, 0.25) is 11.8 Å². The van der Waals surface area contributed by atoms with Crippen molar-refractivity contribution in [1.82, 2.24) is 10.2 Å². The van der Waals surface area contributed by atoms with E-state index in [9.17, 15) is 9.59 Å². The van der Waals surface area contributed by atoms with Crippen molar-refractivity contribution in [2.24, 2.45) is 0 Å². The maximum Gasteiger partial charge on any atom is 0.242 e. The third-order valence-electron chi connectivity index (χ3n) is 4.83. The number of benzene rings is 2. The average Bonchev–Trinajstić information content (AvgIpc) is 2.74. The molecule has 7 heteroatoms. The van der Waals surface area contributed by atoms with E-state index >= 15 is 0 Å². The molecule has 0 heterocycles. The van der Waals surface area contributed by atoms with E-state index in [0.717, 1.165) is 21.4 Å². The fourth-order valence-corrected chi connectivity index (χ4v) is 4.00. The molecular weight excluding hydrogens is 484 g/mol. The highest BCUT2D eigenvalue weighted by molar-refractivity contribution is 9.10. The molecule has 0 aliphatic carbocycles. The number of nitrogens with zero attached hydrogens (tertiary/aromatic N) is 1. The highest BCUT2D eigenvalue weighted by Crippen LogP contribution is 2.22. The van der Waals surface area contributed by atoms with Crippen LogP contribution in [0.15, 0.2) is 57.9 Å². The largest absolute Gasteiger partial charge is 0.352 e. The minimum atomic E-state index is -0.546. The Kier molecular flexibility index (Phi) is 10.2. The van der Waals surface area contributed by atoms with Crippen molar-refractivity contribution < 1.29 is 9.59 Å². The van der Waals surface area contributed by atoms with E-state index in [2.05, 4.69) is 21.2 Å². The molecule has 2 unspecified atom stereocenters. The third-order valence-corrected chi connectivity index (χ3v) is 6.63. The molecule has 0 aliphatic heterocycles. The van der Waals surface area contributed by atoms with Gasteiger partial charge in [-0.2, -0.15) is 0 Å². The molecule has 2 atom stereocenters. The Hall–Kier alpha value is -1.50. The van der Waals surface area contributed by atoms with E-state index in [1.54, 1.807) is 23.6 Å². The van der Waals surface area contributed by atoms with Crippen LogP contribution in [0.3, 0.4) is 0 Å². The number of rotatable bonds is 10. The number of carbonyl (C=O) groups is 2. The summed E-state index contributed by atoms with van der Waals surface area (Å²) in [7, 11) is 0. The number of nitrogens with one attached hydrogen (secondary N) is 1. The first-order chi connectivity index (χ1) is 14.3. The van der Waals surface area contributed by atoms with E-state index in [-0.39, 0.29) is 17.9 Å². The SMILES string of the molecule is CCC(C)NC(=O)C(C)N(Cc1ccc(Br)cc1)C(=O)CCSc1ccc(Cl)cc1. The summed E-state index contributed by atoms with van der Waals surface area (Å²) in [4.78, 5) is 28.5. The average molecular weight is 512 g/mol. The maximum absolute atomic E-state index is 13.1. The van der Waals surface area contributed by atoms with Crippen molar-refractivity contribution in [2.75, 3.05) is 5.75 Å². The Balaban J connectivity index is 2.06. The normalized spacial score (nSPS) is 12.8. The molecular formula is C23H28BrClN2O2S. The maximum atomic E-state index is 13.1. The van der Waals surface area contributed by atoms with Crippen molar-refractivity contribution in [3.8, 4) is 0 Å². The van der Waals surface area contributed by atoms with E-state index in [0.29, 0.717) is 23.7 Å². The minimum Gasteiger partial charge on any atom is -0.352 e. The summed E-state index contributed by atoms with van der Waals surface area (Å²) in [6.45, 7) is 6.18. The summed E-state index contributed by atoms with van der Waals surface area (Å²) in [5.41, 5.74) is 0.986. The zero-order valence-corrected chi connectivity index (χ0v) is 20.7. The lowest BCUT2D eigenvalue weighted by molar-refractivity contribution is -0.140. The van der Waals surface area contributed by atoms with Crippen molar-refractivity contribution in [3.05, 3.63) is 63.6 Å². The zero-order chi connectivity index (χ0) is 22.1. The van der Waals surface area contributed by atoms with Crippen LogP contribution in [0.2, 0.25) is 5.02 Å². The molecule has 0 radical (unpaired) electrons. The lowest BCUT2D eigenvalue weighted by atomic mass is 10.1. The van der Waals surface area contributed by atoms with Crippen LogP contribution in [0.1, 0.15) is 39.2 Å². The standard InChI is InChI=1S/C23H28BrClN2O2S/c1-4-16(2)26-23(29)17(3)27(15-18-5-7-19(24)8-6-18)22(28)13-14-30-21-11-9-20(25)10-12-21/h5-12,16-17H,4,13-15H2,1-3H3,(H,26,29). The molecule has 2 aromatic rings. The predicted octanol–water partition coefficient (Wildman–Crippen LogP) is 5.92.